The average Bonchev–Trinajstić information content (AvgIpc) is 3.43. The lowest BCUT2D eigenvalue weighted by Gasteiger charge is -2.23. The molecule has 252 valence electrons. The van der Waals surface area contributed by atoms with E-state index in [1.165, 1.54) is 22.8 Å². The van der Waals surface area contributed by atoms with E-state index in [1.807, 2.05) is 19.0 Å². The van der Waals surface area contributed by atoms with Gasteiger partial charge in [0.1, 0.15) is 11.9 Å². The fourth-order valence-electron chi connectivity index (χ4n) is 4.23. The number of aromatic nitrogens is 4. The zero-order valence-electron chi connectivity index (χ0n) is 28.2. The largest absolute Gasteiger partial charge is 0.479 e. The fraction of sp³-hybridized carbons (Fsp3) is 0.455. The van der Waals surface area contributed by atoms with E-state index in [-0.39, 0.29) is 24.3 Å². The quantitative estimate of drug-likeness (QED) is 0.126. The predicted molar refractivity (Wildman–Crippen MR) is 182 cm³/mol. The van der Waals surface area contributed by atoms with Crippen LogP contribution < -0.4 is 20.7 Å². The number of likely N-dealkylation sites (N-methyl/N-ethyl adjacent to an activating group) is 2. The number of unbranched alkanes of at least 4 members (excludes halogenated alkanes) is 1. The van der Waals surface area contributed by atoms with Crippen LogP contribution in [0.25, 0.3) is 10.9 Å². The van der Waals surface area contributed by atoms with Crippen molar-refractivity contribution in [2.45, 2.75) is 46.1 Å². The van der Waals surface area contributed by atoms with Crippen molar-refractivity contribution in [2.24, 2.45) is 0 Å². The Morgan fingerprint density at radius 3 is 2.64 bits per heavy atom. The summed E-state index contributed by atoms with van der Waals surface area (Å²) in [6.07, 6.45) is 6.40. The van der Waals surface area contributed by atoms with Gasteiger partial charge in [0.15, 0.2) is 0 Å². The van der Waals surface area contributed by atoms with Crippen LogP contribution in [-0.4, -0.2) is 108 Å². The second-order valence-corrected chi connectivity index (χ2v) is 10.8. The number of methoxy groups -OCH3 is 1. The topological polar surface area (TPSA) is 156 Å². The van der Waals surface area contributed by atoms with Gasteiger partial charge < -0.3 is 35.2 Å². The molecule has 1 aromatic carbocycles. The van der Waals surface area contributed by atoms with Gasteiger partial charge in [-0.3, -0.25) is 9.59 Å². The molecule has 3 rings (SSSR count). The summed E-state index contributed by atoms with van der Waals surface area (Å²) in [5, 5.41) is 14.2. The number of benzene rings is 1. The Morgan fingerprint density at radius 1 is 1.15 bits per heavy atom. The van der Waals surface area contributed by atoms with Gasteiger partial charge in [0, 0.05) is 44.9 Å². The number of fused-ring (bicyclic) bond motifs is 1. The highest BCUT2D eigenvalue weighted by molar-refractivity contribution is 5.94. The van der Waals surface area contributed by atoms with Crippen LogP contribution in [0.5, 0.6) is 5.88 Å². The third-order valence-electron chi connectivity index (χ3n) is 6.91. The lowest BCUT2D eigenvalue weighted by atomic mass is 10.2. The molecule has 0 unspecified atom stereocenters. The smallest absolute Gasteiger partial charge is 0.435 e. The molecule has 3 aromatic rings. The van der Waals surface area contributed by atoms with Gasteiger partial charge in [-0.05, 0) is 59.0 Å². The molecule has 0 aliphatic heterocycles. The van der Waals surface area contributed by atoms with E-state index in [0.717, 1.165) is 6.42 Å². The van der Waals surface area contributed by atoms with Gasteiger partial charge in [0.25, 0.3) is 0 Å². The number of nitrogens with one attached hydrogen (secondary N) is 3. The Bertz CT molecular complexity index is 1620. The number of hydrogen-bond donors (Lipinski definition) is 3. The predicted octanol–water partition coefficient (Wildman–Crippen LogP) is 3.62. The summed E-state index contributed by atoms with van der Waals surface area (Å²) in [5.74, 6) is 7.07. The summed E-state index contributed by atoms with van der Waals surface area (Å²) in [6.45, 7) is 7.49. The molecule has 0 saturated heterocycles. The second kappa shape index (κ2) is 18.1. The lowest BCUT2D eigenvalue weighted by molar-refractivity contribution is -0.135. The molecule has 0 spiro atoms. The van der Waals surface area contributed by atoms with Gasteiger partial charge >= 0.3 is 6.09 Å². The van der Waals surface area contributed by atoms with Crippen molar-refractivity contribution >= 4 is 46.3 Å². The maximum atomic E-state index is 12.5. The number of nitrogens with zero attached hydrogens (tertiary/aromatic N) is 6. The molecule has 2 heterocycles. The van der Waals surface area contributed by atoms with Crippen LogP contribution in [0, 0.1) is 11.8 Å². The van der Waals surface area contributed by atoms with Crippen molar-refractivity contribution in [3.63, 3.8) is 0 Å². The molecule has 14 heteroatoms. The van der Waals surface area contributed by atoms with Crippen molar-refractivity contribution in [1.29, 1.82) is 0 Å². The number of amides is 2. The number of carbonyl (C=O) groups excluding carboxylic acids is 3. The molecule has 47 heavy (non-hydrogen) atoms. The van der Waals surface area contributed by atoms with Crippen molar-refractivity contribution in [1.82, 2.24) is 34.9 Å². The first-order chi connectivity index (χ1) is 22.6. The minimum Gasteiger partial charge on any atom is -0.479 e. The van der Waals surface area contributed by atoms with Crippen molar-refractivity contribution in [2.75, 3.05) is 65.1 Å². The fourth-order valence-corrected chi connectivity index (χ4v) is 4.23. The third kappa shape index (κ3) is 10.4. The first-order valence-corrected chi connectivity index (χ1v) is 15.6. The first-order valence-electron chi connectivity index (χ1n) is 15.6. The van der Waals surface area contributed by atoms with E-state index in [0.29, 0.717) is 66.4 Å². The summed E-state index contributed by atoms with van der Waals surface area (Å²) >= 11 is 0. The third-order valence-corrected chi connectivity index (χ3v) is 6.91. The minimum atomic E-state index is -0.597. The van der Waals surface area contributed by atoms with Crippen molar-refractivity contribution in [3.8, 4) is 17.7 Å². The molecule has 0 aliphatic carbocycles. The van der Waals surface area contributed by atoms with Gasteiger partial charge in [-0.1, -0.05) is 24.8 Å². The Balaban J connectivity index is 1.61. The van der Waals surface area contributed by atoms with Crippen LogP contribution in [0.4, 0.5) is 22.2 Å². The minimum absolute atomic E-state index is 0.220. The first kappa shape index (κ1) is 36.3. The molecule has 0 bridgehead atoms. The molecule has 14 nitrogen and oxygen atoms in total. The second-order valence-electron chi connectivity index (χ2n) is 10.8. The SMILES string of the molecule is CCCNc1nc(Nc2ccc3c(c2)c(OC)nn3C(=O)OCC)ncc1C#CCCCNC(=O)[C@H](C)N(C)C(=O)C=CCN(C)C. The molecular weight excluding hydrogens is 602 g/mol. The van der Waals surface area contributed by atoms with Crippen molar-refractivity contribution < 1.29 is 23.9 Å². The molecule has 2 aromatic heterocycles. The molecule has 1 atom stereocenters. The Morgan fingerprint density at radius 2 is 1.94 bits per heavy atom. The van der Waals surface area contributed by atoms with Crippen LogP contribution >= 0.6 is 0 Å². The molecule has 3 N–H and O–H groups in total. The van der Waals surface area contributed by atoms with E-state index in [9.17, 15) is 14.4 Å². The van der Waals surface area contributed by atoms with E-state index in [2.05, 4.69) is 49.8 Å². The Kier molecular flexibility index (Phi) is 14.0. The van der Waals surface area contributed by atoms with E-state index in [1.54, 1.807) is 51.4 Å². The molecule has 0 saturated carbocycles. The van der Waals surface area contributed by atoms with Gasteiger partial charge in [-0.15, -0.1) is 5.10 Å². The number of ether oxygens (including phenoxy) is 2. The van der Waals surface area contributed by atoms with Crippen LogP contribution in [0.2, 0.25) is 0 Å². The Hall–Kier alpha value is -5.16. The number of hydrogen-bond acceptors (Lipinski definition) is 11. The maximum Gasteiger partial charge on any atom is 0.435 e. The molecule has 0 aliphatic rings. The highest BCUT2D eigenvalue weighted by Gasteiger charge is 2.21. The van der Waals surface area contributed by atoms with Crippen LogP contribution in [0.3, 0.4) is 0 Å². The van der Waals surface area contributed by atoms with E-state index >= 15 is 0 Å². The highest BCUT2D eigenvalue weighted by atomic mass is 16.6. The van der Waals surface area contributed by atoms with Crippen LogP contribution in [0.15, 0.2) is 36.5 Å². The number of anilines is 3. The maximum absolute atomic E-state index is 12.5. The summed E-state index contributed by atoms with van der Waals surface area (Å²) in [5.41, 5.74) is 1.87. The molecule has 0 radical (unpaired) electrons. The summed E-state index contributed by atoms with van der Waals surface area (Å²) in [4.78, 5) is 49.6. The zero-order chi connectivity index (χ0) is 34.3. The zero-order valence-corrected chi connectivity index (χ0v) is 28.2. The summed E-state index contributed by atoms with van der Waals surface area (Å²) in [7, 11) is 6.93. The highest BCUT2D eigenvalue weighted by Crippen LogP contribution is 2.29. The van der Waals surface area contributed by atoms with Gasteiger partial charge in [-0.25, -0.2) is 9.78 Å². The average molecular weight is 648 g/mol. The van der Waals surface area contributed by atoms with Crippen LogP contribution in [-0.2, 0) is 14.3 Å². The summed E-state index contributed by atoms with van der Waals surface area (Å²) in [6, 6.07) is 4.73. The van der Waals surface area contributed by atoms with Crippen molar-refractivity contribution in [3.05, 3.63) is 42.1 Å². The normalized spacial score (nSPS) is 11.6. The Labute approximate surface area is 275 Å². The standard InChI is InChI=1S/C33H45N9O5/c1-8-18-34-29-24(14-11-10-12-19-35-30(44)23(3)41(6)28(43)15-13-20-40(4)5)22-36-32(38-29)37-25-16-17-27-26(21-25)31(46-7)39-42(27)33(45)47-9-2/h13,15-17,21-23H,8-10,12,18-20H2,1-7H3,(H,35,44)(H2,34,36,37,38)/t23-/m0/s1. The van der Waals surface area contributed by atoms with E-state index in [4.69, 9.17) is 9.47 Å². The van der Waals surface area contributed by atoms with Gasteiger partial charge in [-0.2, -0.15) is 9.67 Å². The molecule has 2 amide bonds. The van der Waals surface area contributed by atoms with Gasteiger partial charge in [0.05, 0.1) is 36.4 Å². The monoisotopic (exact) mass is 647 g/mol. The number of carbonyl (C=O) groups is 3. The van der Waals surface area contributed by atoms with Crippen LogP contribution in [0.1, 0.15) is 45.6 Å². The molecular formula is C33H45N9O5. The van der Waals surface area contributed by atoms with E-state index < -0.39 is 12.1 Å². The lowest BCUT2D eigenvalue weighted by Crippen LogP contribution is -2.45. The summed E-state index contributed by atoms with van der Waals surface area (Å²) < 4.78 is 11.6. The number of rotatable bonds is 15. The molecule has 0 fully saturated rings. The van der Waals surface area contributed by atoms with Gasteiger partial charge in [0.2, 0.25) is 23.6 Å².